The van der Waals surface area contributed by atoms with Gasteiger partial charge in [0.25, 0.3) is 0 Å². The van der Waals surface area contributed by atoms with E-state index < -0.39 is 0 Å². The van der Waals surface area contributed by atoms with Crippen LogP contribution in [-0.4, -0.2) is 10.1 Å². The minimum Gasteiger partial charge on any atom is -0.503 e. The van der Waals surface area contributed by atoms with Crippen molar-refractivity contribution >= 4 is 0 Å². The molecule has 2 aromatic rings. The third-order valence-electron chi connectivity index (χ3n) is 1.83. The molecule has 0 bridgehead atoms. The Balaban J connectivity index is 2.30. The fraction of sp³-hybridized carbons (Fsp3) is 0. The summed E-state index contributed by atoms with van der Waals surface area (Å²) >= 11 is 0. The van der Waals surface area contributed by atoms with E-state index in [1.165, 1.54) is 24.5 Å². The molecule has 0 atom stereocenters. The maximum absolute atomic E-state index is 11.3. The molecule has 0 fully saturated rings. The molecule has 1 heterocycles. The third-order valence-corrected chi connectivity index (χ3v) is 1.83. The van der Waals surface area contributed by atoms with E-state index in [0.29, 0.717) is 0 Å². The van der Waals surface area contributed by atoms with E-state index in [9.17, 15) is 10.2 Å². The molecule has 1 aromatic carbocycles. The van der Waals surface area contributed by atoms with Crippen molar-refractivity contribution in [3.63, 3.8) is 0 Å². The van der Waals surface area contributed by atoms with E-state index in [1.807, 2.05) is 0 Å². The fourth-order valence-electron chi connectivity index (χ4n) is 1.11. The molecule has 0 aliphatic heterocycles. The van der Waals surface area contributed by atoms with Gasteiger partial charge in [0.15, 0.2) is 17.2 Å². The van der Waals surface area contributed by atoms with E-state index in [4.69, 9.17) is 4.74 Å². The zero-order valence-electron chi connectivity index (χ0n) is 7.75. The number of aromatic hydroxyl groups is 1. The van der Waals surface area contributed by atoms with Gasteiger partial charge in [0.2, 0.25) is 5.75 Å². The lowest BCUT2D eigenvalue weighted by molar-refractivity contribution is 0.324. The number of hydrogen-bond acceptors (Lipinski definition) is 3. The van der Waals surface area contributed by atoms with Gasteiger partial charge >= 0.3 is 0 Å². The van der Waals surface area contributed by atoms with Crippen LogP contribution in [0.25, 0.3) is 0 Å². The molecule has 0 amide bonds. The highest BCUT2D eigenvalue weighted by Gasteiger charge is 2.07. The number of pyridine rings is 1. The first-order valence-electron chi connectivity index (χ1n) is 4.34. The lowest BCUT2D eigenvalue weighted by atomic mass is 10.3. The summed E-state index contributed by atoms with van der Waals surface area (Å²) < 4.78 is 5.24. The number of hydrogen-bond donors (Lipinski definition) is 1. The summed E-state index contributed by atoms with van der Waals surface area (Å²) in [5, 5.41) is 20.7. The Kier molecular flexibility index (Phi) is 2.41. The van der Waals surface area contributed by atoms with E-state index in [1.54, 1.807) is 18.2 Å². The molecule has 0 unspecified atom stereocenters. The van der Waals surface area contributed by atoms with Crippen LogP contribution in [0.1, 0.15) is 0 Å². The highest BCUT2D eigenvalue weighted by molar-refractivity contribution is 5.44. The molecule has 4 nitrogen and oxygen atoms in total. The highest BCUT2D eigenvalue weighted by atomic mass is 16.5. The summed E-state index contributed by atoms with van der Waals surface area (Å²) in [4.78, 5) is 3.70. The van der Waals surface area contributed by atoms with Crippen molar-refractivity contribution in [1.82, 2.24) is 4.98 Å². The van der Waals surface area contributed by atoms with Crippen molar-refractivity contribution in [3.8, 4) is 23.0 Å². The standard InChI is InChI=1S/C11H8NO3/c13-8-3-1-2-4-10(8)15-11-5-6-12-7-9(11)14/h1-7,14H. The van der Waals surface area contributed by atoms with Gasteiger partial charge < -0.3 is 9.84 Å². The number of benzene rings is 1. The molecule has 0 spiro atoms. The predicted molar refractivity (Wildman–Crippen MR) is 52.6 cm³/mol. The van der Waals surface area contributed by atoms with Crippen LogP contribution in [0.2, 0.25) is 0 Å². The van der Waals surface area contributed by atoms with Gasteiger partial charge in [0, 0.05) is 12.3 Å². The van der Waals surface area contributed by atoms with Gasteiger partial charge in [-0.2, -0.15) is 0 Å². The Morgan fingerprint density at radius 3 is 2.67 bits per heavy atom. The molecule has 2 rings (SSSR count). The van der Waals surface area contributed by atoms with Gasteiger partial charge in [0.1, 0.15) is 0 Å². The number of para-hydroxylation sites is 2. The Labute approximate surface area is 86.4 Å². The average Bonchev–Trinajstić information content (AvgIpc) is 2.24. The molecule has 15 heavy (non-hydrogen) atoms. The molecule has 1 radical (unpaired) electrons. The Hall–Kier alpha value is -2.23. The fourth-order valence-corrected chi connectivity index (χ4v) is 1.11. The van der Waals surface area contributed by atoms with E-state index in [-0.39, 0.29) is 23.0 Å². The van der Waals surface area contributed by atoms with E-state index in [2.05, 4.69) is 4.98 Å². The highest BCUT2D eigenvalue weighted by Crippen LogP contribution is 2.34. The van der Waals surface area contributed by atoms with Gasteiger partial charge in [-0.15, -0.1) is 0 Å². The minimum absolute atomic E-state index is 0.0965. The molecule has 75 valence electrons. The zero-order chi connectivity index (χ0) is 10.7. The first-order chi connectivity index (χ1) is 7.27. The zero-order valence-corrected chi connectivity index (χ0v) is 7.75. The summed E-state index contributed by atoms with van der Waals surface area (Å²) in [7, 11) is 0. The lowest BCUT2D eigenvalue weighted by Crippen LogP contribution is -1.85. The van der Waals surface area contributed by atoms with Crippen LogP contribution < -0.4 is 4.74 Å². The normalized spacial score (nSPS) is 9.87. The van der Waals surface area contributed by atoms with Crippen molar-refractivity contribution in [2.24, 2.45) is 0 Å². The second-order valence-electron chi connectivity index (χ2n) is 2.89. The first kappa shape index (κ1) is 9.33. The first-order valence-corrected chi connectivity index (χ1v) is 4.34. The Morgan fingerprint density at radius 1 is 1.13 bits per heavy atom. The van der Waals surface area contributed by atoms with Crippen molar-refractivity contribution in [3.05, 3.63) is 42.7 Å². The number of nitrogens with zero attached hydrogens (tertiary/aromatic N) is 1. The molecule has 0 saturated heterocycles. The van der Waals surface area contributed by atoms with Gasteiger partial charge in [-0.1, -0.05) is 12.1 Å². The van der Waals surface area contributed by atoms with Crippen LogP contribution in [0.15, 0.2) is 42.7 Å². The molecule has 4 heteroatoms. The topological polar surface area (TPSA) is 62.2 Å². The van der Waals surface area contributed by atoms with Crippen LogP contribution in [0.4, 0.5) is 0 Å². The monoisotopic (exact) mass is 202 g/mol. The van der Waals surface area contributed by atoms with Crippen molar-refractivity contribution in [1.29, 1.82) is 0 Å². The summed E-state index contributed by atoms with van der Waals surface area (Å²) in [6, 6.07) is 7.74. The second-order valence-corrected chi connectivity index (χ2v) is 2.89. The molecule has 1 N–H and O–H groups in total. The van der Waals surface area contributed by atoms with Gasteiger partial charge in [-0.25, -0.2) is 0 Å². The maximum Gasteiger partial charge on any atom is 0.221 e. The summed E-state index contributed by atoms with van der Waals surface area (Å²) in [5.74, 6) is 0.0711. The average molecular weight is 202 g/mol. The third kappa shape index (κ3) is 1.99. The van der Waals surface area contributed by atoms with Crippen LogP contribution in [-0.2, 0) is 5.11 Å². The Bertz CT molecular complexity index is 427. The van der Waals surface area contributed by atoms with Gasteiger partial charge in [-0.05, 0) is 12.1 Å². The smallest absolute Gasteiger partial charge is 0.221 e. The van der Waals surface area contributed by atoms with Gasteiger partial charge in [0.05, 0.1) is 6.20 Å². The van der Waals surface area contributed by atoms with Crippen LogP contribution in [0, 0.1) is 0 Å². The summed E-state index contributed by atoms with van der Waals surface area (Å²) in [6.07, 6.45) is 2.73. The van der Waals surface area contributed by atoms with Crippen molar-refractivity contribution < 1.29 is 14.9 Å². The molecular weight excluding hydrogens is 194 g/mol. The number of ether oxygens (including phenoxy) is 1. The SMILES string of the molecule is [O]c1ccccc1Oc1ccncc1O. The number of aromatic nitrogens is 1. The predicted octanol–water partition coefficient (Wildman–Crippen LogP) is 2.72. The van der Waals surface area contributed by atoms with E-state index >= 15 is 0 Å². The summed E-state index contributed by atoms with van der Waals surface area (Å²) in [6.45, 7) is 0. The molecule has 0 aliphatic carbocycles. The molecule has 0 aliphatic rings. The van der Waals surface area contributed by atoms with Gasteiger partial charge in [-0.3, -0.25) is 10.1 Å². The number of rotatable bonds is 2. The summed E-state index contributed by atoms with van der Waals surface area (Å²) in [5.41, 5.74) is 0. The maximum atomic E-state index is 11.3. The molecule has 1 aromatic heterocycles. The van der Waals surface area contributed by atoms with Crippen LogP contribution >= 0.6 is 0 Å². The second kappa shape index (κ2) is 3.88. The Morgan fingerprint density at radius 2 is 1.93 bits per heavy atom. The van der Waals surface area contributed by atoms with E-state index in [0.717, 1.165) is 0 Å². The lowest BCUT2D eigenvalue weighted by Gasteiger charge is -2.06. The van der Waals surface area contributed by atoms with Crippen LogP contribution in [0.3, 0.4) is 0 Å². The molecular formula is C11H8NO3. The van der Waals surface area contributed by atoms with Crippen molar-refractivity contribution in [2.45, 2.75) is 0 Å². The quantitative estimate of drug-likeness (QED) is 0.814. The largest absolute Gasteiger partial charge is 0.503 e. The van der Waals surface area contributed by atoms with Crippen LogP contribution in [0.5, 0.6) is 23.0 Å². The molecule has 0 saturated carbocycles. The minimum atomic E-state index is -0.228. The van der Waals surface area contributed by atoms with Crippen molar-refractivity contribution in [2.75, 3.05) is 0 Å².